The quantitative estimate of drug-likeness (QED) is 0.611. The lowest BCUT2D eigenvalue weighted by Crippen LogP contribution is -2.42. The Morgan fingerprint density at radius 3 is 2.75 bits per heavy atom. The van der Waals surface area contributed by atoms with Gasteiger partial charge in [-0.3, -0.25) is 4.90 Å². The Bertz CT molecular complexity index is 162. The smallest absolute Gasteiger partial charge is 0.00966 e. The summed E-state index contributed by atoms with van der Waals surface area (Å²) in [5, 5.41) is 0. The summed E-state index contributed by atoms with van der Waals surface area (Å²) >= 11 is 0. The van der Waals surface area contributed by atoms with Gasteiger partial charge in [-0.2, -0.15) is 0 Å². The van der Waals surface area contributed by atoms with E-state index in [1.807, 2.05) is 0 Å². The van der Waals surface area contributed by atoms with Gasteiger partial charge in [-0.05, 0) is 44.1 Å². The molecule has 1 heteroatoms. The minimum absolute atomic E-state index is 0.640. The van der Waals surface area contributed by atoms with E-state index in [4.69, 9.17) is 0 Å². The van der Waals surface area contributed by atoms with Crippen LogP contribution in [0.15, 0.2) is 0 Å². The van der Waals surface area contributed by atoms with Crippen molar-refractivity contribution in [3.05, 3.63) is 0 Å². The molecule has 0 aromatic heterocycles. The number of hydrogen-bond donors (Lipinski definition) is 0. The van der Waals surface area contributed by atoms with Crippen LogP contribution in [0.4, 0.5) is 0 Å². The van der Waals surface area contributed by atoms with E-state index < -0.39 is 0 Å². The van der Waals surface area contributed by atoms with E-state index in [1.165, 1.54) is 45.2 Å². The molecule has 0 bridgehead atoms. The predicted octanol–water partition coefficient (Wildman–Crippen LogP) is 2.66. The lowest BCUT2D eigenvalue weighted by molar-refractivity contribution is 0.0932. The topological polar surface area (TPSA) is 3.24 Å². The molecule has 1 nitrogen and oxygen atoms in total. The standard InChI is InChI=1S/C11H21N/c1-3-11(2)7-4-8-12(9-11)10-5-6-10/h10H,3-9H2,1-2H3/t11-/m0/s1. The third-order valence-electron chi connectivity index (χ3n) is 3.73. The lowest BCUT2D eigenvalue weighted by Gasteiger charge is -2.40. The molecule has 0 spiro atoms. The molecule has 0 radical (unpaired) electrons. The maximum absolute atomic E-state index is 2.73. The fourth-order valence-electron chi connectivity index (χ4n) is 2.40. The molecule has 2 aliphatic rings. The Balaban J connectivity index is 1.93. The highest BCUT2D eigenvalue weighted by Gasteiger charge is 2.36. The maximum atomic E-state index is 2.73. The van der Waals surface area contributed by atoms with Crippen LogP contribution in [0.2, 0.25) is 0 Å². The largest absolute Gasteiger partial charge is 0.300 e. The van der Waals surface area contributed by atoms with E-state index in [9.17, 15) is 0 Å². The van der Waals surface area contributed by atoms with E-state index >= 15 is 0 Å². The molecule has 1 heterocycles. The minimum atomic E-state index is 0.640. The zero-order valence-corrected chi connectivity index (χ0v) is 8.47. The highest BCUT2D eigenvalue weighted by Crippen LogP contribution is 2.37. The average molecular weight is 167 g/mol. The van der Waals surface area contributed by atoms with Crippen molar-refractivity contribution in [1.29, 1.82) is 0 Å². The van der Waals surface area contributed by atoms with Gasteiger partial charge < -0.3 is 0 Å². The van der Waals surface area contributed by atoms with Crippen molar-refractivity contribution in [3.8, 4) is 0 Å². The Morgan fingerprint density at radius 1 is 1.42 bits per heavy atom. The van der Waals surface area contributed by atoms with Crippen molar-refractivity contribution in [3.63, 3.8) is 0 Å². The summed E-state index contributed by atoms with van der Waals surface area (Å²) in [5.74, 6) is 0. The zero-order chi connectivity index (χ0) is 8.60. The summed E-state index contributed by atoms with van der Waals surface area (Å²) in [6.45, 7) is 7.55. The fourth-order valence-corrected chi connectivity index (χ4v) is 2.40. The Kier molecular flexibility index (Phi) is 2.16. The van der Waals surface area contributed by atoms with Crippen molar-refractivity contribution in [2.24, 2.45) is 5.41 Å². The fraction of sp³-hybridized carbons (Fsp3) is 1.00. The molecule has 12 heavy (non-hydrogen) atoms. The van der Waals surface area contributed by atoms with Crippen LogP contribution in [0.25, 0.3) is 0 Å². The van der Waals surface area contributed by atoms with Gasteiger partial charge in [0, 0.05) is 12.6 Å². The summed E-state index contributed by atoms with van der Waals surface area (Å²) in [7, 11) is 0. The Hall–Kier alpha value is -0.0400. The van der Waals surface area contributed by atoms with E-state index in [0.717, 1.165) is 6.04 Å². The number of rotatable bonds is 2. The first-order chi connectivity index (χ1) is 5.73. The molecule has 0 N–H and O–H groups in total. The second kappa shape index (κ2) is 3.02. The molecule has 0 aromatic carbocycles. The maximum Gasteiger partial charge on any atom is 0.00966 e. The van der Waals surface area contributed by atoms with Crippen LogP contribution in [0.5, 0.6) is 0 Å². The van der Waals surface area contributed by atoms with Gasteiger partial charge in [0.2, 0.25) is 0 Å². The predicted molar refractivity (Wildman–Crippen MR) is 52.2 cm³/mol. The highest BCUT2D eigenvalue weighted by atomic mass is 15.2. The zero-order valence-electron chi connectivity index (χ0n) is 8.47. The second-order valence-corrected chi connectivity index (χ2v) is 4.97. The molecular weight excluding hydrogens is 146 g/mol. The molecule has 0 unspecified atom stereocenters. The van der Waals surface area contributed by atoms with Crippen molar-refractivity contribution in [1.82, 2.24) is 4.90 Å². The molecule has 2 rings (SSSR count). The number of nitrogens with zero attached hydrogens (tertiary/aromatic N) is 1. The first-order valence-corrected chi connectivity index (χ1v) is 5.47. The van der Waals surface area contributed by atoms with Crippen LogP contribution in [0.1, 0.15) is 46.0 Å². The summed E-state index contributed by atoms with van der Waals surface area (Å²) in [6, 6.07) is 0.983. The monoisotopic (exact) mass is 167 g/mol. The summed E-state index contributed by atoms with van der Waals surface area (Å²) in [6.07, 6.45) is 7.18. The van der Waals surface area contributed by atoms with E-state index in [2.05, 4.69) is 18.7 Å². The first kappa shape index (κ1) is 8.55. The number of likely N-dealkylation sites (tertiary alicyclic amines) is 1. The van der Waals surface area contributed by atoms with Gasteiger partial charge in [-0.1, -0.05) is 13.8 Å². The van der Waals surface area contributed by atoms with E-state index in [-0.39, 0.29) is 0 Å². The molecule has 0 amide bonds. The van der Waals surface area contributed by atoms with Gasteiger partial charge in [-0.15, -0.1) is 0 Å². The Morgan fingerprint density at radius 2 is 2.17 bits per heavy atom. The third-order valence-corrected chi connectivity index (χ3v) is 3.73. The lowest BCUT2D eigenvalue weighted by atomic mass is 9.79. The molecule has 0 aromatic rings. The van der Waals surface area contributed by atoms with Crippen LogP contribution in [-0.4, -0.2) is 24.0 Å². The summed E-state index contributed by atoms with van der Waals surface area (Å²) in [4.78, 5) is 2.73. The van der Waals surface area contributed by atoms with Gasteiger partial charge in [0.25, 0.3) is 0 Å². The van der Waals surface area contributed by atoms with Crippen LogP contribution in [0.3, 0.4) is 0 Å². The van der Waals surface area contributed by atoms with Crippen molar-refractivity contribution >= 4 is 0 Å². The second-order valence-electron chi connectivity index (χ2n) is 4.97. The molecule has 1 aliphatic carbocycles. The van der Waals surface area contributed by atoms with Gasteiger partial charge in [-0.25, -0.2) is 0 Å². The number of piperidine rings is 1. The molecule has 1 saturated heterocycles. The van der Waals surface area contributed by atoms with E-state index in [0.29, 0.717) is 5.41 Å². The SMILES string of the molecule is CC[C@@]1(C)CCCN(C2CC2)C1. The molecule has 2 fully saturated rings. The van der Waals surface area contributed by atoms with Crippen LogP contribution >= 0.6 is 0 Å². The first-order valence-electron chi connectivity index (χ1n) is 5.47. The summed E-state index contributed by atoms with van der Waals surface area (Å²) < 4.78 is 0. The van der Waals surface area contributed by atoms with Gasteiger partial charge in [0.15, 0.2) is 0 Å². The van der Waals surface area contributed by atoms with E-state index in [1.54, 1.807) is 0 Å². The molecule has 1 aliphatic heterocycles. The van der Waals surface area contributed by atoms with Crippen LogP contribution in [0, 0.1) is 5.41 Å². The molecule has 1 atom stereocenters. The third kappa shape index (κ3) is 1.66. The highest BCUT2D eigenvalue weighted by molar-refractivity contribution is 4.91. The van der Waals surface area contributed by atoms with Crippen LogP contribution in [-0.2, 0) is 0 Å². The van der Waals surface area contributed by atoms with Crippen molar-refractivity contribution < 1.29 is 0 Å². The normalized spacial score (nSPS) is 38.5. The average Bonchev–Trinajstić information content (AvgIpc) is 2.87. The van der Waals surface area contributed by atoms with Crippen LogP contribution < -0.4 is 0 Å². The molecule has 1 saturated carbocycles. The Labute approximate surface area is 76.1 Å². The van der Waals surface area contributed by atoms with Crippen molar-refractivity contribution in [2.45, 2.75) is 52.0 Å². The van der Waals surface area contributed by atoms with Crippen molar-refractivity contribution in [2.75, 3.05) is 13.1 Å². The molecule has 70 valence electrons. The van der Waals surface area contributed by atoms with Gasteiger partial charge in [0.1, 0.15) is 0 Å². The minimum Gasteiger partial charge on any atom is -0.300 e. The molecular formula is C11H21N. The van der Waals surface area contributed by atoms with Gasteiger partial charge >= 0.3 is 0 Å². The summed E-state index contributed by atoms with van der Waals surface area (Å²) in [5.41, 5.74) is 0.640. The number of hydrogen-bond acceptors (Lipinski definition) is 1. The van der Waals surface area contributed by atoms with Gasteiger partial charge in [0.05, 0.1) is 0 Å².